The number of nitrogens with one attached hydrogen (secondary N) is 1. The highest BCUT2D eigenvalue weighted by atomic mass is 16.5. The molecule has 1 aliphatic carbocycles. The number of nitrogens with zero attached hydrogens (tertiary/aromatic N) is 2. The van der Waals surface area contributed by atoms with Gasteiger partial charge in [-0.3, -0.25) is 0 Å². The predicted octanol–water partition coefficient (Wildman–Crippen LogP) is 3.80. The van der Waals surface area contributed by atoms with Crippen LogP contribution < -0.4 is 10.1 Å². The number of anilines is 1. The molecule has 0 aliphatic heterocycles. The van der Waals surface area contributed by atoms with E-state index < -0.39 is 0 Å². The maximum Gasteiger partial charge on any atom is 0.227 e. The molecule has 3 rings (SSSR count). The van der Waals surface area contributed by atoms with Crippen molar-refractivity contribution in [1.82, 2.24) is 9.97 Å². The minimum Gasteiger partial charge on any atom is -0.438 e. The van der Waals surface area contributed by atoms with Crippen molar-refractivity contribution in [3.63, 3.8) is 0 Å². The molecule has 1 aliphatic rings. The van der Waals surface area contributed by atoms with Crippen LogP contribution in [-0.4, -0.2) is 17.0 Å². The number of aryl methyl sites for hydroxylation is 1. The molecule has 1 saturated carbocycles. The number of ether oxygens (including phenoxy) is 1. The quantitative estimate of drug-likeness (QED) is 0.917. The number of hydrogen-bond acceptors (Lipinski definition) is 4. The third-order valence-corrected chi connectivity index (χ3v) is 3.60. The molecule has 0 atom stereocenters. The maximum absolute atomic E-state index is 6.01. The third kappa shape index (κ3) is 2.46. The fraction of sp³-hybridized carbons (Fsp3) is 0.375. The predicted molar refractivity (Wildman–Crippen MR) is 79.5 cm³/mol. The third-order valence-electron chi connectivity index (χ3n) is 3.60. The molecule has 1 fully saturated rings. The lowest BCUT2D eigenvalue weighted by molar-refractivity contribution is 0.451. The molecule has 4 nitrogen and oxygen atoms in total. The average Bonchev–Trinajstić information content (AvgIpc) is 3.28. The lowest BCUT2D eigenvalue weighted by Crippen LogP contribution is -2.05. The van der Waals surface area contributed by atoms with E-state index in [1.54, 1.807) is 0 Å². The first-order chi connectivity index (χ1) is 9.69. The monoisotopic (exact) mass is 269 g/mol. The van der Waals surface area contributed by atoms with Crippen LogP contribution >= 0.6 is 0 Å². The molecule has 20 heavy (non-hydrogen) atoms. The van der Waals surface area contributed by atoms with E-state index in [4.69, 9.17) is 4.74 Å². The van der Waals surface area contributed by atoms with Crippen LogP contribution in [0.5, 0.6) is 11.6 Å². The summed E-state index contributed by atoms with van der Waals surface area (Å²) in [6.45, 7) is 4.02. The molecule has 104 valence electrons. The van der Waals surface area contributed by atoms with Crippen molar-refractivity contribution in [2.24, 2.45) is 0 Å². The van der Waals surface area contributed by atoms with Crippen molar-refractivity contribution in [3.8, 4) is 11.6 Å². The van der Waals surface area contributed by atoms with Crippen LogP contribution in [-0.2, 0) is 0 Å². The zero-order valence-corrected chi connectivity index (χ0v) is 12.1. The highest BCUT2D eigenvalue weighted by Crippen LogP contribution is 2.40. The molecular formula is C16H19N3O. The summed E-state index contributed by atoms with van der Waals surface area (Å²) in [7, 11) is 1.88. The van der Waals surface area contributed by atoms with Crippen LogP contribution in [0.4, 0.5) is 5.82 Å². The number of benzene rings is 1. The summed E-state index contributed by atoms with van der Waals surface area (Å²) in [5.74, 6) is 3.74. The first-order valence-electron chi connectivity index (χ1n) is 6.99. The minimum absolute atomic E-state index is 0.502. The highest BCUT2D eigenvalue weighted by Gasteiger charge is 2.28. The van der Waals surface area contributed by atoms with Crippen LogP contribution in [0.15, 0.2) is 24.3 Å². The van der Waals surface area contributed by atoms with E-state index in [0.29, 0.717) is 11.8 Å². The fourth-order valence-electron chi connectivity index (χ4n) is 2.15. The van der Waals surface area contributed by atoms with Crippen molar-refractivity contribution in [2.75, 3.05) is 12.4 Å². The van der Waals surface area contributed by atoms with Gasteiger partial charge in [0.2, 0.25) is 5.88 Å². The van der Waals surface area contributed by atoms with Crippen LogP contribution in [0, 0.1) is 13.8 Å². The van der Waals surface area contributed by atoms with E-state index in [0.717, 1.165) is 28.5 Å². The van der Waals surface area contributed by atoms with E-state index in [1.165, 1.54) is 12.8 Å². The Balaban J connectivity index is 1.99. The van der Waals surface area contributed by atoms with Gasteiger partial charge in [0, 0.05) is 13.0 Å². The lowest BCUT2D eigenvalue weighted by Gasteiger charge is -2.13. The van der Waals surface area contributed by atoms with E-state index in [-0.39, 0.29) is 0 Å². The van der Waals surface area contributed by atoms with E-state index in [2.05, 4.69) is 15.3 Å². The zero-order valence-electron chi connectivity index (χ0n) is 12.1. The van der Waals surface area contributed by atoms with Gasteiger partial charge in [0.25, 0.3) is 0 Å². The summed E-state index contributed by atoms with van der Waals surface area (Å²) in [6.07, 6.45) is 2.35. The number of para-hydroxylation sites is 1. The fourth-order valence-corrected chi connectivity index (χ4v) is 2.15. The van der Waals surface area contributed by atoms with Crippen LogP contribution in [0.25, 0.3) is 0 Å². The summed E-state index contributed by atoms with van der Waals surface area (Å²) in [6, 6.07) is 7.97. The van der Waals surface area contributed by atoms with Crippen LogP contribution in [0.1, 0.15) is 35.7 Å². The standard InChI is InChI=1S/C16H19N3O/c1-10-6-4-5-7-13(10)20-16-11(2)14(17-3)18-15(19-16)12-8-9-12/h4-7,12H,8-9H2,1-3H3,(H,17,18,19). The molecular weight excluding hydrogens is 250 g/mol. The largest absolute Gasteiger partial charge is 0.438 e. The van der Waals surface area contributed by atoms with Crippen molar-refractivity contribution >= 4 is 5.82 Å². The van der Waals surface area contributed by atoms with E-state index >= 15 is 0 Å². The topological polar surface area (TPSA) is 47.0 Å². The first-order valence-corrected chi connectivity index (χ1v) is 6.99. The van der Waals surface area contributed by atoms with Crippen molar-refractivity contribution in [2.45, 2.75) is 32.6 Å². The van der Waals surface area contributed by atoms with Crippen LogP contribution in [0.2, 0.25) is 0 Å². The Bertz CT molecular complexity index is 636. The van der Waals surface area contributed by atoms with Crippen molar-refractivity contribution < 1.29 is 4.74 Å². The van der Waals surface area contributed by atoms with Gasteiger partial charge < -0.3 is 10.1 Å². The Morgan fingerprint density at radius 1 is 1.15 bits per heavy atom. The molecule has 1 heterocycles. The number of aromatic nitrogens is 2. The zero-order chi connectivity index (χ0) is 14.1. The average molecular weight is 269 g/mol. The summed E-state index contributed by atoms with van der Waals surface area (Å²) in [4.78, 5) is 9.18. The van der Waals surface area contributed by atoms with Gasteiger partial charge in [-0.1, -0.05) is 18.2 Å². The Morgan fingerprint density at radius 2 is 1.90 bits per heavy atom. The summed E-state index contributed by atoms with van der Waals surface area (Å²) in [5, 5.41) is 3.13. The molecule has 1 N–H and O–H groups in total. The van der Waals surface area contributed by atoms with E-state index in [9.17, 15) is 0 Å². The molecule has 4 heteroatoms. The Labute approximate surface area is 119 Å². The number of hydrogen-bond donors (Lipinski definition) is 1. The minimum atomic E-state index is 0.502. The SMILES string of the molecule is CNc1nc(C2CC2)nc(Oc2ccccc2C)c1C. The Morgan fingerprint density at radius 3 is 2.55 bits per heavy atom. The molecule has 0 bridgehead atoms. The maximum atomic E-state index is 6.01. The molecule has 0 saturated heterocycles. The number of rotatable bonds is 4. The summed E-state index contributed by atoms with van der Waals surface area (Å²) < 4.78 is 6.01. The van der Waals surface area contributed by atoms with Gasteiger partial charge in [0.15, 0.2) is 0 Å². The normalized spacial score (nSPS) is 14.2. The molecule has 0 unspecified atom stereocenters. The van der Waals surface area contributed by atoms with Crippen molar-refractivity contribution in [3.05, 3.63) is 41.2 Å². The second-order valence-electron chi connectivity index (χ2n) is 5.25. The summed E-state index contributed by atoms with van der Waals surface area (Å²) >= 11 is 0. The molecule has 1 aromatic heterocycles. The van der Waals surface area contributed by atoms with Gasteiger partial charge in [0.05, 0.1) is 5.56 Å². The van der Waals surface area contributed by atoms with Gasteiger partial charge in [-0.05, 0) is 38.3 Å². The highest BCUT2D eigenvalue weighted by molar-refractivity contribution is 5.50. The summed E-state index contributed by atoms with van der Waals surface area (Å²) in [5.41, 5.74) is 2.05. The van der Waals surface area contributed by atoms with E-state index in [1.807, 2.05) is 45.2 Å². The van der Waals surface area contributed by atoms with Crippen LogP contribution in [0.3, 0.4) is 0 Å². The molecule has 0 amide bonds. The lowest BCUT2D eigenvalue weighted by atomic mass is 10.2. The van der Waals surface area contributed by atoms with Gasteiger partial charge >= 0.3 is 0 Å². The van der Waals surface area contributed by atoms with Gasteiger partial charge in [-0.2, -0.15) is 4.98 Å². The van der Waals surface area contributed by atoms with Gasteiger partial charge in [0.1, 0.15) is 17.4 Å². The molecule has 0 spiro atoms. The smallest absolute Gasteiger partial charge is 0.227 e. The molecule has 0 radical (unpaired) electrons. The van der Waals surface area contributed by atoms with Gasteiger partial charge in [-0.15, -0.1) is 0 Å². The molecule has 1 aromatic carbocycles. The van der Waals surface area contributed by atoms with Gasteiger partial charge in [-0.25, -0.2) is 4.98 Å². The first kappa shape index (κ1) is 12.9. The second-order valence-corrected chi connectivity index (χ2v) is 5.25. The Hall–Kier alpha value is -2.10. The van der Waals surface area contributed by atoms with Crippen molar-refractivity contribution in [1.29, 1.82) is 0 Å². The second kappa shape index (κ2) is 5.12. The molecule has 2 aromatic rings. The Kier molecular flexibility index (Phi) is 3.30.